The molecule has 2 amide bonds. The highest BCUT2D eigenvalue weighted by molar-refractivity contribution is 9.10. The molecule has 0 aliphatic heterocycles. The van der Waals surface area contributed by atoms with E-state index < -0.39 is 5.91 Å². The molecule has 0 unspecified atom stereocenters. The molecule has 36 heavy (non-hydrogen) atoms. The van der Waals surface area contributed by atoms with Crippen LogP contribution in [0.5, 0.6) is 5.75 Å². The standard InChI is InChI=1S/C23H34BrClN8O3/c1-23(2,3)14-9-13(18(35)15(24)10-14)11-28-5-6-29-16(34)12-33(4)8-7-30-22(36)17-20(26)32-21(27)19(25)31-17/h9-10,28,35H,5-8,11-12H2,1-4H3,(H,29,34)(H,30,36)(H4,26,27,32). The maximum atomic E-state index is 12.2. The molecule has 2 rings (SSSR count). The number of likely N-dealkylation sites (N-methyl/N-ethyl adjacent to an activating group) is 1. The quantitative estimate of drug-likeness (QED) is 0.214. The van der Waals surface area contributed by atoms with Gasteiger partial charge in [-0.15, -0.1) is 0 Å². The monoisotopic (exact) mass is 584 g/mol. The first-order chi connectivity index (χ1) is 16.8. The van der Waals surface area contributed by atoms with Crippen LogP contribution in [0, 0.1) is 0 Å². The first kappa shape index (κ1) is 29.6. The lowest BCUT2D eigenvalue weighted by Crippen LogP contribution is -2.41. The van der Waals surface area contributed by atoms with Crippen LogP contribution in [0.25, 0.3) is 0 Å². The molecule has 0 bridgehead atoms. The molecule has 0 spiro atoms. The number of hydrogen-bond donors (Lipinski definition) is 6. The fourth-order valence-electron chi connectivity index (χ4n) is 3.17. The van der Waals surface area contributed by atoms with E-state index in [1.807, 2.05) is 12.1 Å². The van der Waals surface area contributed by atoms with Crippen molar-refractivity contribution >= 4 is 51.0 Å². The van der Waals surface area contributed by atoms with E-state index in [1.54, 1.807) is 11.9 Å². The summed E-state index contributed by atoms with van der Waals surface area (Å²) in [6, 6.07) is 3.92. The van der Waals surface area contributed by atoms with Gasteiger partial charge >= 0.3 is 0 Å². The van der Waals surface area contributed by atoms with Crippen LogP contribution in [0.4, 0.5) is 11.6 Å². The van der Waals surface area contributed by atoms with E-state index in [-0.39, 0.29) is 52.6 Å². The van der Waals surface area contributed by atoms with Crippen molar-refractivity contribution in [3.63, 3.8) is 0 Å². The zero-order chi connectivity index (χ0) is 27.0. The molecule has 198 valence electrons. The highest BCUT2D eigenvalue weighted by atomic mass is 79.9. The Morgan fingerprint density at radius 2 is 1.81 bits per heavy atom. The van der Waals surface area contributed by atoms with Crippen LogP contribution in [0.15, 0.2) is 16.6 Å². The first-order valence-corrected chi connectivity index (χ1v) is 12.5. The van der Waals surface area contributed by atoms with Gasteiger partial charge in [-0.1, -0.05) is 38.4 Å². The number of anilines is 2. The molecule has 13 heteroatoms. The summed E-state index contributed by atoms with van der Waals surface area (Å²) < 4.78 is 0.660. The fraction of sp³-hybridized carbons (Fsp3) is 0.478. The van der Waals surface area contributed by atoms with Gasteiger partial charge in [-0.05, 0) is 40.0 Å². The molecule has 0 saturated carbocycles. The summed E-state index contributed by atoms with van der Waals surface area (Å²) in [5.41, 5.74) is 12.9. The van der Waals surface area contributed by atoms with Crippen LogP contribution < -0.4 is 27.4 Å². The Morgan fingerprint density at radius 3 is 2.47 bits per heavy atom. The molecule has 11 nitrogen and oxygen atoms in total. The van der Waals surface area contributed by atoms with E-state index in [2.05, 4.69) is 62.6 Å². The number of amides is 2. The van der Waals surface area contributed by atoms with E-state index in [0.29, 0.717) is 30.7 Å². The minimum absolute atomic E-state index is 0.0426. The van der Waals surface area contributed by atoms with Crippen molar-refractivity contribution in [2.75, 3.05) is 51.2 Å². The van der Waals surface area contributed by atoms with Crippen molar-refractivity contribution in [1.29, 1.82) is 0 Å². The number of aromatic hydroxyl groups is 1. The van der Waals surface area contributed by atoms with Crippen molar-refractivity contribution in [2.24, 2.45) is 0 Å². The van der Waals surface area contributed by atoms with E-state index in [0.717, 1.165) is 11.1 Å². The van der Waals surface area contributed by atoms with Crippen molar-refractivity contribution in [3.05, 3.63) is 38.6 Å². The second-order valence-electron chi connectivity index (χ2n) is 9.37. The molecule has 0 aliphatic carbocycles. The third-order valence-corrected chi connectivity index (χ3v) is 6.14. The lowest BCUT2D eigenvalue weighted by atomic mass is 9.86. The zero-order valence-corrected chi connectivity index (χ0v) is 23.3. The Balaban J connectivity index is 1.68. The van der Waals surface area contributed by atoms with E-state index >= 15 is 0 Å². The molecule has 2 aromatic rings. The molecular weight excluding hydrogens is 552 g/mol. The van der Waals surface area contributed by atoms with Crippen LogP contribution in [-0.4, -0.2) is 71.6 Å². The lowest BCUT2D eigenvalue weighted by Gasteiger charge is -2.21. The van der Waals surface area contributed by atoms with E-state index in [4.69, 9.17) is 23.1 Å². The van der Waals surface area contributed by atoms with Gasteiger partial charge in [-0.2, -0.15) is 0 Å². The molecule has 0 saturated heterocycles. The summed E-state index contributed by atoms with van der Waals surface area (Å²) >= 11 is 9.21. The van der Waals surface area contributed by atoms with E-state index in [1.165, 1.54) is 0 Å². The highest BCUT2D eigenvalue weighted by Gasteiger charge is 2.18. The number of halogens is 2. The molecule has 1 aromatic heterocycles. The largest absolute Gasteiger partial charge is 0.506 e. The van der Waals surface area contributed by atoms with Gasteiger partial charge in [-0.3, -0.25) is 14.5 Å². The number of carbonyl (C=O) groups is 2. The number of nitrogens with one attached hydrogen (secondary N) is 3. The predicted molar refractivity (Wildman–Crippen MR) is 145 cm³/mol. The Hall–Kier alpha value is -2.67. The van der Waals surface area contributed by atoms with Crippen molar-refractivity contribution < 1.29 is 14.7 Å². The van der Waals surface area contributed by atoms with Crippen molar-refractivity contribution in [1.82, 2.24) is 30.8 Å². The third-order valence-electron chi connectivity index (χ3n) is 5.26. The first-order valence-electron chi connectivity index (χ1n) is 11.3. The van der Waals surface area contributed by atoms with Crippen LogP contribution >= 0.6 is 27.5 Å². The molecule has 1 aromatic carbocycles. The summed E-state index contributed by atoms with van der Waals surface area (Å²) in [7, 11) is 1.76. The van der Waals surface area contributed by atoms with Crippen LogP contribution in [0.1, 0.15) is 42.4 Å². The van der Waals surface area contributed by atoms with Gasteiger partial charge in [0.15, 0.2) is 22.5 Å². The van der Waals surface area contributed by atoms with Gasteiger partial charge in [0, 0.05) is 38.3 Å². The molecule has 0 aliphatic rings. The molecular formula is C23H34BrClN8O3. The Morgan fingerprint density at radius 1 is 1.11 bits per heavy atom. The second-order valence-corrected chi connectivity index (χ2v) is 10.6. The predicted octanol–water partition coefficient (Wildman–Crippen LogP) is 1.63. The number of rotatable bonds is 11. The lowest BCUT2D eigenvalue weighted by molar-refractivity contribution is -0.121. The molecule has 0 atom stereocenters. The van der Waals surface area contributed by atoms with Gasteiger partial charge in [-0.25, -0.2) is 9.97 Å². The minimum Gasteiger partial charge on any atom is -0.506 e. The maximum Gasteiger partial charge on any atom is 0.273 e. The topological polar surface area (TPSA) is 172 Å². The Labute approximate surface area is 224 Å². The number of hydrogen-bond acceptors (Lipinski definition) is 9. The number of phenols is 1. The average Bonchev–Trinajstić information content (AvgIpc) is 2.77. The van der Waals surface area contributed by atoms with Crippen molar-refractivity contribution in [2.45, 2.75) is 32.7 Å². The summed E-state index contributed by atoms with van der Waals surface area (Å²) in [6.07, 6.45) is 0. The number of aromatic nitrogens is 2. The highest BCUT2D eigenvalue weighted by Crippen LogP contribution is 2.34. The minimum atomic E-state index is -0.531. The van der Waals surface area contributed by atoms with Crippen LogP contribution in [0.2, 0.25) is 5.15 Å². The number of nitrogens with zero attached hydrogens (tertiary/aromatic N) is 3. The Kier molecular flexibility index (Phi) is 10.7. The molecule has 0 fully saturated rings. The molecule has 0 radical (unpaired) electrons. The van der Waals surface area contributed by atoms with Gasteiger partial charge < -0.3 is 32.5 Å². The summed E-state index contributed by atoms with van der Waals surface area (Å²) in [4.78, 5) is 33.8. The average molecular weight is 586 g/mol. The number of carbonyl (C=O) groups excluding carboxylic acids is 2. The van der Waals surface area contributed by atoms with Crippen LogP contribution in [-0.2, 0) is 16.8 Å². The fourth-order valence-corrected chi connectivity index (χ4v) is 3.80. The van der Waals surface area contributed by atoms with Gasteiger partial charge in [0.05, 0.1) is 11.0 Å². The summed E-state index contributed by atoms with van der Waals surface area (Å²) in [6.45, 7) is 8.63. The number of nitrogens with two attached hydrogens (primary N) is 2. The molecule has 1 heterocycles. The zero-order valence-electron chi connectivity index (χ0n) is 20.9. The van der Waals surface area contributed by atoms with E-state index in [9.17, 15) is 14.7 Å². The van der Waals surface area contributed by atoms with Gasteiger partial charge in [0.2, 0.25) is 5.91 Å². The van der Waals surface area contributed by atoms with Crippen molar-refractivity contribution in [3.8, 4) is 5.75 Å². The van der Waals surface area contributed by atoms with Gasteiger partial charge in [0.25, 0.3) is 5.91 Å². The number of benzene rings is 1. The summed E-state index contributed by atoms with van der Waals surface area (Å²) in [5, 5.41) is 19.0. The van der Waals surface area contributed by atoms with Crippen LogP contribution in [0.3, 0.4) is 0 Å². The number of nitrogen functional groups attached to an aromatic ring is 2. The third kappa shape index (κ3) is 8.77. The smallest absolute Gasteiger partial charge is 0.273 e. The maximum absolute atomic E-state index is 12.2. The Bertz CT molecular complexity index is 1090. The second kappa shape index (κ2) is 13.0. The number of phenolic OH excluding ortho intramolecular Hbond substituents is 1. The SMILES string of the molecule is CN(CCNC(=O)c1nc(Cl)c(N)nc1N)CC(=O)NCCNCc1cc(C(C)(C)C)cc(Br)c1O. The van der Waals surface area contributed by atoms with Gasteiger partial charge in [0.1, 0.15) is 5.75 Å². The normalized spacial score (nSPS) is 11.5. The summed E-state index contributed by atoms with van der Waals surface area (Å²) in [5.74, 6) is -0.626. The molecule has 8 N–H and O–H groups in total.